The van der Waals surface area contributed by atoms with Crippen molar-refractivity contribution in [2.45, 2.75) is 19.3 Å². The summed E-state index contributed by atoms with van der Waals surface area (Å²) in [6, 6.07) is 16.9. The lowest BCUT2D eigenvalue weighted by molar-refractivity contribution is -0.123. The summed E-state index contributed by atoms with van der Waals surface area (Å²) in [6.45, 7) is 2.71. The molecule has 2 amide bonds. The highest BCUT2D eigenvalue weighted by Gasteiger charge is 2.22. The van der Waals surface area contributed by atoms with E-state index in [9.17, 15) is 14.0 Å². The maximum atomic E-state index is 13.1. The Morgan fingerprint density at radius 2 is 1.69 bits per heavy atom. The number of nitrogens with two attached hydrogens (primary N) is 1. The van der Waals surface area contributed by atoms with Gasteiger partial charge in [-0.3, -0.25) is 9.59 Å². The summed E-state index contributed by atoms with van der Waals surface area (Å²) in [5.41, 5.74) is 7.95. The van der Waals surface area contributed by atoms with Crippen molar-refractivity contribution in [1.29, 1.82) is 0 Å². The fraction of sp³-hybridized carbons (Fsp3) is 0.280. The number of hydrogen-bond donors (Lipinski definition) is 2. The number of halogens is 1. The molecule has 166 valence electrons. The zero-order valence-corrected chi connectivity index (χ0v) is 17.7. The number of nitrogens with one attached hydrogen (secondary N) is 1. The van der Waals surface area contributed by atoms with Gasteiger partial charge in [-0.1, -0.05) is 12.1 Å². The van der Waals surface area contributed by atoms with Crippen LogP contribution in [-0.4, -0.2) is 36.3 Å². The second kappa shape index (κ2) is 9.78. The molecule has 1 aromatic heterocycles. The molecule has 6 nitrogen and oxygen atoms in total. The molecule has 0 atom stereocenters. The summed E-state index contributed by atoms with van der Waals surface area (Å²) in [4.78, 5) is 26.1. The fourth-order valence-electron chi connectivity index (χ4n) is 3.90. The molecule has 1 saturated heterocycles. The van der Waals surface area contributed by atoms with Crippen molar-refractivity contribution in [3.05, 3.63) is 77.8 Å². The number of hydrogen-bond acceptors (Lipinski definition) is 4. The lowest BCUT2D eigenvalue weighted by atomic mass is 9.96. The van der Waals surface area contributed by atoms with E-state index in [1.54, 1.807) is 24.3 Å². The minimum Gasteiger partial charge on any atom is -0.451 e. The van der Waals surface area contributed by atoms with E-state index in [0.29, 0.717) is 17.0 Å². The van der Waals surface area contributed by atoms with Gasteiger partial charge in [0.05, 0.1) is 0 Å². The topological polar surface area (TPSA) is 88.6 Å². The van der Waals surface area contributed by atoms with E-state index in [1.807, 2.05) is 24.3 Å². The Morgan fingerprint density at radius 3 is 2.34 bits per heavy atom. The number of carbonyl (C=O) groups excluding carboxylic acids is 2. The molecule has 0 aliphatic carbocycles. The molecule has 0 radical (unpaired) electrons. The molecule has 3 N–H and O–H groups in total. The predicted molar refractivity (Wildman–Crippen MR) is 121 cm³/mol. The van der Waals surface area contributed by atoms with Crippen molar-refractivity contribution in [3.8, 4) is 11.3 Å². The molecule has 1 aliphatic heterocycles. The molecule has 0 bridgehead atoms. The van der Waals surface area contributed by atoms with Gasteiger partial charge >= 0.3 is 0 Å². The first-order valence-corrected chi connectivity index (χ1v) is 10.8. The van der Waals surface area contributed by atoms with Crippen LogP contribution in [-0.2, 0) is 11.2 Å². The minimum absolute atomic E-state index is 0.00933. The monoisotopic (exact) mass is 435 g/mol. The number of carbonyl (C=O) groups is 2. The maximum absolute atomic E-state index is 13.1. The second-order valence-electron chi connectivity index (χ2n) is 8.09. The van der Waals surface area contributed by atoms with Gasteiger partial charge in [0.1, 0.15) is 11.6 Å². The highest BCUT2D eigenvalue weighted by Crippen LogP contribution is 2.23. The van der Waals surface area contributed by atoms with Crippen molar-refractivity contribution >= 4 is 17.5 Å². The van der Waals surface area contributed by atoms with Gasteiger partial charge in [0.2, 0.25) is 5.91 Å². The van der Waals surface area contributed by atoms with Crippen molar-refractivity contribution in [2.24, 2.45) is 11.7 Å². The predicted octanol–water partition coefficient (Wildman–Crippen LogP) is 4.08. The molecule has 1 aliphatic rings. The average molecular weight is 435 g/mol. The highest BCUT2D eigenvalue weighted by atomic mass is 19.1. The molecule has 0 unspecified atom stereocenters. The van der Waals surface area contributed by atoms with Gasteiger partial charge in [-0.25, -0.2) is 4.39 Å². The third-order valence-corrected chi connectivity index (χ3v) is 5.88. The Bertz CT molecular complexity index is 1070. The summed E-state index contributed by atoms with van der Waals surface area (Å²) < 4.78 is 18.7. The van der Waals surface area contributed by atoms with E-state index in [4.69, 9.17) is 10.2 Å². The van der Waals surface area contributed by atoms with Crippen LogP contribution in [0.3, 0.4) is 0 Å². The number of nitrogens with zero attached hydrogens (tertiary/aromatic N) is 1. The van der Waals surface area contributed by atoms with Crippen molar-refractivity contribution in [2.75, 3.05) is 25.0 Å². The average Bonchev–Trinajstić information content (AvgIpc) is 3.30. The Hall–Kier alpha value is -3.45. The third kappa shape index (κ3) is 5.42. The summed E-state index contributed by atoms with van der Waals surface area (Å²) in [5.74, 6) is -0.158. The molecule has 2 heterocycles. The Labute approximate surface area is 186 Å². The Balaban J connectivity index is 1.28. The lowest BCUT2D eigenvalue weighted by Crippen LogP contribution is -2.39. The van der Waals surface area contributed by atoms with Crippen LogP contribution in [0, 0.1) is 11.7 Å². The minimum atomic E-state index is -0.344. The smallest absolute Gasteiger partial charge is 0.291 e. The summed E-state index contributed by atoms with van der Waals surface area (Å²) in [7, 11) is 0. The van der Waals surface area contributed by atoms with Crippen LogP contribution in [0.1, 0.15) is 29.0 Å². The van der Waals surface area contributed by atoms with Crippen LogP contribution in [0.25, 0.3) is 11.3 Å². The first-order chi connectivity index (χ1) is 15.5. The molecule has 7 heteroatoms. The normalized spacial score (nSPS) is 14.9. The van der Waals surface area contributed by atoms with Crippen LogP contribution < -0.4 is 11.1 Å². The van der Waals surface area contributed by atoms with E-state index in [0.717, 1.165) is 38.9 Å². The molecule has 2 aromatic carbocycles. The summed E-state index contributed by atoms with van der Waals surface area (Å²) in [5, 5.41) is 2.83. The molecule has 0 saturated carbocycles. The van der Waals surface area contributed by atoms with Crippen LogP contribution >= 0.6 is 0 Å². The summed E-state index contributed by atoms with van der Waals surface area (Å²) >= 11 is 0. The quantitative estimate of drug-likeness (QED) is 0.585. The van der Waals surface area contributed by atoms with Gasteiger partial charge in [-0.2, -0.15) is 0 Å². The van der Waals surface area contributed by atoms with Crippen LogP contribution in [0.2, 0.25) is 0 Å². The number of piperidine rings is 1. The number of likely N-dealkylation sites (tertiary alicyclic amines) is 1. The number of furan rings is 1. The van der Waals surface area contributed by atoms with Crippen LogP contribution in [0.5, 0.6) is 0 Å². The molecular weight excluding hydrogens is 409 g/mol. The SMILES string of the molecule is NC(=O)C1CCN(CCc2ccc(NC(=O)c3ccc(-c4ccc(F)cc4)o3)cc2)CC1. The summed E-state index contributed by atoms with van der Waals surface area (Å²) in [6.07, 6.45) is 2.56. The van der Waals surface area contributed by atoms with Gasteiger partial charge in [0.25, 0.3) is 5.91 Å². The number of anilines is 1. The van der Waals surface area contributed by atoms with Crippen LogP contribution in [0.15, 0.2) is 65.1 Å². The molecule has 1 fully saturated rings. The van der Waals surface area contributed by atoms with E-state index in [1.165, 1.54) is 17.7 Å². The van der Waals surface area contributed by atoms with Crippen molar-refractivity contribution < 1.29 is 18.4 Å². The molecule has 4 rings (SSSR count). The highest BCUT2D eigenvalue weighted by molar-refractivity contribution is 6.02. The molecule has 32 heavy (non-hydrogen) atoms. The first kappa shape index (κ1) is 21.8. The zero-order chi connectivity index (χ0) is 22.5. The van der Waals surface area contributed by atoms with E-state index in [-0.39, 0.29) is 29.3 Å². The number of rotatable bonds is 7. The first-order valence-electron chi connectivity index (χ1n) is 10.8. The molecular formula is C25H26FN3O3. The fourth-order valence-corrected chi connectivity index (χ4v) is 3.90. The Kier molecular flexibility index (Phi) is 6.66. The van der Waals surface area contributed by atoms with E-state index < -0.39 is 0 Å². The maximum Gasteiger partial charge on any atom is 0.291 e. The van der Waals surface area contributed by atoms with Gasteiger partial charge in [0.15, 0.2) is 5.76 Å². The Morgan fingerprint density at radius 1 is 1.00 bits per heavy atom. The number of amides is 2. The van der Waals surface area contributed by atoms with Gasteiger partial charge in [-0.15, -0.1) is 0 Å². The standard InChI is InChI=1S/C25H26FN3O3/c26-20-5-3-18(4-6-20)22-9-10-23(32-22)25(31)28-21-7-1-17(2-8-21)11-14-29-15-12-19(13-16-29)24(27)30/h1-10,19H,11-16H2,(H2,27,30)(H,28,31). The number of primary amides is 1. The van der Waals surface area contributed by atoms with Crippen molar-refractivity contribution in [3.63, 3.8) is 0 Å². The third-order valence-electron chi connectivity index (χ3n) is 5.88. The van der Waals surface area contributed by atoms with Gasteiger partial charge < -0.3 is 20.4 Å². The lowest BCUT2D eigenvalue weighted by Gasteiger charge is -2.30. The zero-order valence-electron chi connectivity index (χ0n) is 17.7. The number of benzene rings is 2. The molecule has 3 aromatic rings. The molecule has 0 spiro atoms. The van der Waals surface area contributed by atoms with Gasteiger partial charge in [0, 0.05) is 23.7 Å². The van der Waals surface area contributed by atoms with Gasteiger partial charge in [-0.05, 0) is 86.4 Å². The second-order valence-corrected chi connectivity index (χ2v) is 8.09. The van der Waals surface area contributed by atoms with Crippen LogP contribution in [0.4, 0.5) is 10.1 Å². The largest absolute Gasteiger partial charge is 0.451 e. The van der Waals surface area contributed by atoms with Crippen molar-refractivity contribution in [1.82, 2.24) is 4.90 Å². The van der Waals surface area contributed by atoms with E-state index >= 15 is 0 Å². The van der Waals surface area contributed by atoms with E-state index in [2.05, 4.69) is 10.2 Å².